The van der Waals surface area contributed by atoms with E-state index in [0.717, 1.165) is 59.1 Å². The highest BCUT2D eigenvalue weighted by molar-refractivity contribution is 6.21. The van der Waals surface area contributed by atoms with E-state index in [1.165, 1.54) is 6.42 Å². The fraction of sp³-hybridized carbons (Fsp3) is 0.312. The number of hydrogen-bond acceptors (Lipinski definition) is 6. The van der Waals surface area contributed by atoms with E-state index in [2.05, 4.69) is 46.1 Å². The zero-order valence-electron chi connectivity index (χ0n) is 23.3. The second kappa shape index (κ2) is 10.6. The van der Waals surface area contributed by atoms with E-state index in [1.54, 1.807) is 11.0 Å². The van der Waals surface area contributed by atoms with E-state index in [-0.39, 0.29) is 18.0 Å². The van der Waals surface area contributed by atoms with Crippen molar-refractivity contribution in [2.75, 3.05) is 17.3 Å². The van der Waals surface area contributed by atoms with Gasteiger partial charge in [0.15, 0.2) is 5.82 Å². The number of benzene rings is 2. The molecule has 2 atom stereocenters. The number of carbonyl (C=O) groups is 1. The first-order valence-electron chi connectivity index (χ1n) is 14.0. The van der Waals surface area contributed by atoms with Gasteiger partial charge in [-0.2, -0.15) is 5.10 Å². The van der Waals surface area contributed by atoms with E-state index in [4.69, 9.17) is 10.1 Å². The highest BCUT2D eigenvalue weighted by atomic mass is 16.2. The number of aromatic nitrogens is 2. The number of para-hydroxylation sites is 1. The first kappa shape index (κ1) is 25.8. The Bertz CT molecular complexity index is 1530. The van der Waals surface area contributed by atoms with Crippen molar-refractivity contribution in [3.05, 3.63) is 95.7 Å². The van der Waals surface area contributed by atoms with Crippen molar-refractivity contribution < 1.29 is 4.79 Å². The first-order chi connectivity index (χ1) is 19.4. The maximum atomic E-state index is 13.8. The smallest absolute Gasteiger partial charge is 0.267 e. The molecule has 1 amide bonds. The van der Waals surface area contributed by atoms with E-state index < -0.39 is 0 Å². The minimum absolute atomic E-state index is 0.0882. The molecule has 1 aliphatic carbocycles. The molecule has 1 fully saturated rings. The van der Waals surface area contributed by atoms with E-state index in [0.29, 0.717) is 17.9 Å². The zero-order valence-corrected chi connectivity index (χ0v) is 23.3. The molecular weight excluding hydrogens is 498 g/mol. The van der Waals surface area contributed by atoms with Crippen LogP contribution in [-0.4, -0.2) is 51.4 Å². The quantitative estimate of drug-likeness (QED) is 0.370. The van der Waals surface area contributed by atoms with Crippen molar-refractivity contribution in [3.63, 3.8) is 0 Å². The Morgan fingerprint density at radius 1 is 1.10 bits per heavy atom. The zero-order chi connectivity index (χ0) is 27.8. The van der Waals surface area contributed by atoms with Crippen LogP contribution in [0.15, 0.2) is 89.0 Å². The van der Waals surface area contributed by atoms with Crippen LogP contribution in [0.1, 0.15) is 61.0 Å². The highest BCUT2D eigenvalue weighted by Gasteiger charge is 2.48. The monoisotopic (exact) mass is 533 g/mol. The lowest BCUT2D eigenvalue weighted by Gasteiger charge is -2.38. The van der Waals surface area contributed by atoms with Gasteiger partial charge in [-0.3, -0.25) is 19.6 Å². The molecule has 40 heavy (non-hydrogen) atoms. The van der Waals surface area contributed by atoms with Crippen LogP contribution in [0, 0.1) is 0 Å². The van der Waals surface area contributed by atoms with Crippen LogP contribution in [0.4, 0.5) is 17.3 Å². The normalized spacial score (nSPS) is 19.9. The molecule has 0 unspecified atom stereocenters. The van der Waals surface area contributed by atoms with E-state index in [9.17, 15) is 4.79 Å². The summed E-state index contributed by atoms with van der Waals surface area (Å²) >= 11 is 0. The van der Waals surface area contributed by atoms with Gasteiger partial charge in [0.05, 0.1) is 24.3 Å². The summed E-state index contributed by atoms with van der Waals surface area (Å²) in [4.78, 5) is 27.4. The maximum Gasteiger partial charge on any atom is 0.267 e. The average Bonchev–Trinajstić information content (AvgIpc) is 3.51. The number of nitrogens with one attached hydrogen (secondary N) is 1. The van der Waals surface area contributed by atoms with Crippen LogP contribution in [0.25, 0.3) is 0 Å². The minimum Gasteiger partial charge on any atom is -0.338 e. The molecule has 8 nitrogen and oxygen atoms in total. The molecule has 0 radical (unpaired) electrons. The van der Waals surface area contributed by atoms with Crippen LogP contribution in [-0.2, 0) is 6.54 Å². The molecule has 3 heterocycles. The van der Waals surface area contributed by atoms with Crippen LogP contribution >= 0.6 is 0 Å². The van der Waals surface area contributed by atoms with Gasteiger partial charge in [-0.15, -0.1) is 0 Å². The number of rotatable bonds is 7. The lowest BCUT2D eigenvalue weighted by molar-refractivity contribution is 0.0865. The third-order valence-corrected chi connectivity index (χ3v) is 7.77. The van der Waals surface area contributed by atoms with Crippen molar-refractivity contribution >= 4 is 34.9 Å². The summed E-state index contributed by atoms with van der Waals surface area (Å²) in [5, 5.41) is 8.42. The third kappa shape index (κ3) is 4.63. The van der Waals surface area contributed by atoms with Gasteiger partial charge in [-0.1, -0.05) is 67.5 Å². The number of hydrogen-bond donors (Lipinski definition) is 1. The number of guanidine groups is 1. The third-order valence-electron chi connectivity index (χ3n) is 7.77. The highest BCUT2D eigenvalue weighted by Crippen LogP contribution is 2.42. The SMILES string of the molecule is C=C/C(=N\C=C(C)C)c1ccc(Cn2nc(Nc3ccccc3)c3c2N2C(=N[C@@H]4CCCC[C@@H]42)N(C)C3=O)cc1. The Morgan fingerprint density at radius 2 is 1.85 bits per heavy atom. The molecule has 8 heteroatoms. The average molecular weight is 534 g/mol. The molecule has 1 aromatic heterocycles. The largest absolute Gasteiger partial charge is 0.338 e. The number of allylic oxidation sites excluding steroid dienone is 2. The van der Waals surface area contributed by atoms with Crippen molar-refractivity contribution in [3.8, 4) is 0 Å². The molecule has 3 aliphatic rings. The Kier molecular flexibility index (Phi) is 6.84. The van der Waals surface area contributed by atoms with Crippen LogP contribution in [0.2, 0.25) is 0 Å². The summed E-state index contributed by atoms with van der Waals surface area (Å²) in [6, 6.07) is 18.6. The van der Waals surface area contributed by atoms with Gasteiger partial charge in [0.25, 0.3) is 5.91 Å². The number of anilines is 3. The summed E-state index contributed by atoms with van der Waals surface area (Å²) in [6.07, 6.45) is 8.06. The van der Waals surface area contributed by atoms with Crippen molar-refractivity contribution in [2.45, 2.75) is 58.2 Å². The Morgan fingerprint density at radius 3 is 2.58 bits per heavy atom. The summed E-state index contributed by atoms with van der Waals surface area (Å²) in [6.45, 7) is 8.50. The second-order valence-corrected chi connectivity index (χ2v) is 10.9. The molecular formula is C32H35N7O. The molecule has 0 bridgehead atoms. The van der Waals surface area contributed by atoms with E-state index in [1.807, 2.05) is 62.1 Å². The van der Waals surface area contributed by atoms with Crippen molar-refractivity contribution in [1.29, 1.82) is 0 Å². The molecule has 1 saturated carbocycles. The van der Waals surface area contributed by atoms with Crippen LogP contribution in [0.5, 0.6) is 0 Å². The lowest BCUT2D eigenvalue weighted by Crippen LogP contribution is -2.53. The molecule has 2 aromatic carbocycles. The van der Waals surface area contributed by atoms with Gasteiger partial charge >= 0.3 is 0 Å². The Labute approximate surface area is 235 Å². The molecule has 6 rings (SSSR count). The van der Waals surface area contributed by atoms with Gasteiger partial charge in [-0.05, 0) is 50.5 Å². The second-order valence-electron chi connectivity index (χ2n) is 10.9. The minimum atomic E-state index is -0.0882. The Hall–Kier alpha value is -4.46. The summed E-state index contributed by atoms with van der Waals surface area (Å²) < 4.78 is 1.97. The summed E-state index contributed by atoms with van der Waals surface area (Å²) in [7, 11) is 1.82. The number of fused-ring (bicyclic) bond motifs is 5. The van der Waals surface area contributed by atoms with Crippen molar-refractivity contribution in [2.24, 2.45) is 9.98 Å². The molecule has 2 aliphatic heterocycles. The molecule has 0 saturated heterocycles. The first-order valence-corrected chi connectivity index (χ1v) is 14.0. The van der Waals surface area contributed by atoms with Crippen molar-refractivity contribution in [1.82, 2.24) is 14.7 Å². The van der Waals surface area contributed by atoms with Gasteiger partial charge in [-0.25, -0.2) is 9.67 Å². The summed E-state index contributed by atoms with van der Waals surface area (Å²) in [5.41, 5.74) is 5.52. The van der Waals surface area contributed by atoms with Gasteiger partial charge in [0, 0.05) is 24.5 Å². The number of carbonyl (C=O) groups excluding carboxylic acids is 1. The predicted molar refractivity (Wildman–Crippen MR) is 162 cm³/mol. The molecule has 0 spiro atoms. The maximum absolute atomic E-state index is 13.8. The standard InChI is InChI=1S/C32H35N7O/c1-5-25(33-19-21(2)3)23-17-15-22(16-18-23)20-38-30-28(29(36-38)34-24-11-7-6-8-12-24)31(40)37(4)32-35-26-13-9-10-14-27(26)39(30)32/h5-8,11-12,15-19,26-27H,1,9-10,13-14,20H2,2-4H3,(H,34,36)/b33-25+/t26-,27+/m1/s1. The van der Waals surface area contributed by atoms with E-state index >= 15 is 0 Å². The van der Waals surface area contributed by atoms with Crippen LogP contribution in [0.3, 0.4) is 0 Å². The fourth-order valence-electron chi connectivity index (χ4n) is 5.81. The van der Waals surface area contributed by atoms with Gasteiger partial charge in [0.2, 0.25) is 5.96 Å². The molecule has 1 N–H and O–H groups in total. The predicted octanol–water partition coefficient (Wildman–Crippen LogP) is 6.15. The number of nitrogens with zero attached hydrogens (tertiary/aromatic N) is 6. The Balaban J connectivity index is 1.41. The summed E-state index contributed by atoms with van der Waals surface area (Å²) in [5.74, 6) is 2.05. The molecule has 3 aromatic rings. The fourth-order valence-corrected chi connectivity index (χ4v) is 5.81. The number of amides is 1. The topological polar surface area (TPSA) is 78.1 Å². The number of aliphatic imine (C=N–C) groups is 2. The van der Waals surface area contributed by atoms with Gasteiger partial charge in [0.1, 0.15) is 11.4 Å². The lowest BCUT2D eigenvalue weighted by atomic mass is 9.90. The van der Waals surface area contributed by atoms with Crippen LogP contribution < -0.4 is 10.2 Å². The molecule has 204 valence electrons. The van der Waals surface area contributed by atoms with Gasteiger partial charge < -0.3 is 5.32 Å².